The summed E-state index contributed by atoms with van der Waals surface area (Å²) in [4.78, 5) is 6.28. The SMILES string of the molecule is CC(CNCc1nonc1C(N)=Nc1ccc(F)c(Cl)c1)N(C)C. The Kier molecular flexibility index (Phi) is 6.24. The van der Waals surface area contributed by atoms with Gasteiger partial charge in [0, 0.05) is 19.1 Å². The van der Waals surface area contributed by atoms with Crippen molar-refractivity contribution >= 4 is 23.1 Å². The van der Waals surface area contributed by atoms with Gasteiger partial charge in [0.05, 0.1) is 10.7 Å². The standard InChI is InChI=1S/C15H20ClFN6O/c1-9(23(2)3)7-19-8-13-14(22-24-21-13)15(18)20-10-4-5-12(17)11(16)6-10/h4-6,9,19H,7-8H2,1-3H3,(H2,18,20). The molecule has 0 aliphatic rings. The van der Waals surface area contributed by atoms with E-state index in [1.165, 1.54) is 18.2 Å². The van der Waals surface area contributed by atoms with Gasteiger partial charge in [0.15, 0.2) is 11.5 Å². The Morgan fingerprint density at radius 1 is 1.46 bits per heavy atom. The number of likely N-dealkylation sites (N-methyl/N-ethyl adjacent to an activating group) is 1. The van der Waals surface area contributed by atoms with Crippen LogP contribution >= 0.6 is 11.6 Å². The van der Waals surface area contributed by atoms with E-state index in [9.17, 15) is 4.39 Å². The van der Waals surface area contributed by atoms with Gasteiger partial charge in [0.2, 0.25) is 0 Å². The third-order valence-corrected chi connectivity index (χ3v) is 3.86. The van der Waals surface area contributed by atoms with Crippen LogP contribution in [0.2, 0.25) is 5.02 Å². The highest BCUT2D eigenvalue weighted by molar-refractivity contribution is 6.31. The van der Waals surface area contributed by atoms with Crippen molar-refractivity contribution in [3.63, 3.8) is 0 Å². The summed E-state index contributed by atoms with van der Waals surface area (Å²) >= 11 is 5.73. The lowest BCUT2D eigenvalue weighted by molar-refractivity contribution is 0.293. The van der Waals surface area contributed by atoms with Crippen molar-refractivity contribution in [2.45, 2.75) is 19.5 Å². The third-order valence-electron chi connectivity index (χ3n) is 3.57. The summed E-state index contributed by atoms with van der Waals surface area (Å²) in [6.07, 6.45) is 0. The Labute approximate surface area is 144 Å². The van der Waals surface area contributed by atoms with Crippen LogP contribution in [0.3, 0.4) is 0 Å². The van der Waals surface area contributed by atoms with Crippen LogP contribution in [0.15, 0.2) is 27.8 Å². The van der Waals surface area contributed by atoms with Gasteiger partial charge in [0.25, 0.3) is 0 Å². The Morgan fingerprint density at radius 3 is 2.88 bits per heavy atom. The molecule has 0 radical (unpaired) electrons. The van der Waals surface area contributed by atoms with E-state index in [0.29, 0.717) is 29.7 Å². The molecule has 3 N–H and O–H groups in total. The quantitative estimate of drug-likeness (QED) is 0.583. The summed E-state index contributed by atoms with van der Waals surface area (Å²) in [5, 5.41) is 10.9. The van der Waals surface area contributed by atoms with E-state index in [-0.39, 0.29) is 10.9 Å². The van der Waals surface area contributed by atoms with E-state index in [4.69, 9.17) is 22.0 Å². The van der Waals surface area contributed by atoms with Crippen LogP contribution in [0.5, 0.6) is 0 Å². The first kappa shape index (κ1) is 18.3. The van der Waals surface area contributed by atoms with Crippen molar-refractivity contribution < 1.29 is 9.02 Å². The molecule has 1 aromatic heterocycles. The summed E-state index contributed by atoms with van der Waals surface area (Å²) < 4.78 is 17.9. The number of rotatable bonds is 7. The number of aromatic nitrogens is 2. The summed E-state index contributed by atoms with van der Waals surface area (Å²) in [7, 11) is 4.02. The lowest BCUT2D eigenvalue weighted by atomic mass is 10.2. The molecule has 1 atom stereocenters. The zero-order valence-electron chi connectivity index (χ0n) is 13.8. The van der Waals surface area contributed by atoms with E-state index in [1.807, 2.05) is 14.1 Å². The van der Waals surface area contributed by atoms with Crippen LogP contribution in [0.25, 0.3) is 0 Å². The number of halogens is 2. The second kappa shape index (κ2) is 8.18. The fourth-order valence-electron chi connectivity index (χ4n) is 1.85. The lowest BCUT2D eigenvalue weighted by Gasteiger charge is -2.19. The van der Waals surface area contributed by atoms with E-state index in [2.05, 4.69) is 32.4 Å². The second-order valence-corrected chi connectivity index (χ2v) is 6.01. The maximum Gasteiger partial charge on any atom is 0.174 e. The van der Waals surface area contributed by atoms with E-state index < -0.39 is 5.82 Å². The molecular formula is C15H20ClFN6O. The summed E-state index contributed by atoms with van der Waals surface area (Å²) in [5.41, 5.74) is 7.27. The van der Waals surface area contributed by atoms with E-state index >= 15 is 0 Å². The number of amidine groups is 1. The number of hydrogen-bond acceptors (Lipinski definition) is 6. The number of nitrogens with zero attached hydrogens (tertiary/aromatic N) is 4. The average molecular weight is 355 g/mol. The highest BCUT2D eigenvalue weighted by Gasteiger charge is 2.14. The molecule has 0 spiro atoms. The molecule has 0 saturated carbocycles. The summed E-state index contributed by atoms with van der Waals surface area (Å²) in [5.74, 6) is -0.395. The fraction of sp³-hybridized carbons (Fsp3) is 0.400. The zero-order chi connectivity index (χ0) is 17.7. The van der Waals surface area contributed by atoms with Crippen molar-refractivity contribution in [2.24, 2.45) is 10.7 Å². The first-order chi connectivity index (χ1) is 11.4. The first-order valence-corrected chi connectivity index (χ1v) is 7.74. The first-order valence-electron chi connectivity index (χ1n) is 7.36. The number of nitrogens with one attached hydrogen (secondary N) is 1. The molecule has 1 aromatic carbocycles. The molecule has 0 aliphatic heterocycles. The molecule has 24 heavy (non-hydrogen) atoms. The molecule has 1 heterocycles. The van der Waals surface area contributed by atoms with E-state index in [1.54, 1.807) is 0 Å². The largest absolute Gasteiger partial charge is 0.382 e. The molecule has 0 aliphatic carbocycles. The maximum atomic E-state index is 13.2. The number of hydrogen-bond donors (Lipinski definition) is 2. The fourth-order valence-corrected chi connectivity index (χ4v) is 2.02. The number of nitrogens with two attached hydrogens (primary N) is 1. The third kappa shape index (κ3) is 4.73. The van der Waals surface area contributed by atoms with Crippen molar-refractivity contribution in [3.8, 4) is 0 Å². The van der Waals surface area contributed by atoms with Crippen LogP contribution < -0.4 is 11.1 Å². The molecule has 130 valence electrons. The molecule has 7 nitrogen and oxygen atoms in total. The van der Waals surface area contributed by atoms with Crippen molar-refractivity contribution in [1.29, 1.82) is 0 Å². The predicted octanol–water partition coefficient (Wildman–Crippen LogP) is 1.94. The molecule has 0 amide bonds. The van der Waals surface area contributed by atoms with Gasteiger partial charge in [-0.15, -0.1) is 0 Å². The van der Waals surface area contributed by atoms with Gasteiger partial charge in [0.1, 0.15) is 11.5 Å². The maximum absolute atomic E-state index is 13.2. The van der Waals surface area contributed by atoms with Crippen molar-refractivity contribution in [1.82, 2.24) is 20.5 Å². The van der Waals surface area contributed by atoms with Gasteiger partial charge < -0.3 is 16.0 Å². The van der Waals surface area contributed by atoms with E-state index in [0.717, 1.165) is 6.54 Å². The number of aliphatic imine (C=N–C) groups is 1. The monoisotopic (exact) mass is 354 g/mol. The zero-order valence-corrected chi connectivity index (χ0v) is 14.5. The van der Waals surface area contributed by atoms with Crippen molar-refractivity contribution in [2.75, 3.05) is 20.6 Å². The van der Waals surface area contributed by atoms with Crippen LogP contribution in [-0.2, 0) is 6.54 Å². The van der Waals surface area contributed by atoms with Crippen LogP contribution in [0.4, 0.5) is 10.1 Å². The second-order valence-electron chi connectivity index (χ2n) is 5.60. The molecule has 0 bridgehead atoms. The molecule has 2 aromatic rings. The predicted molar refractivity (Wildman–Crippen MR) is 90.9 cm³/mol. The van der Waals surface area contributed by atoms with Crippen LogP contribution in [0.1, 0.15) is 18.3 Å². The highest BCUT2D eigenvalue weighted by atomic mass is 35.5. The molecule has 0 fully saturated rings. The Bertz CT molecular complexity index is 718. The number of benzene rings is 1. The molecule has 0 saturated heterocycles. The van der Waals surface area contributed by atoms with Gasteiger partial charge >= 0.3 is 0 Å². The highest BCUT2D eigenvalue weighted by Crippen LogP contribution is 2.22. The van der Waals surface area contributed by atoms with Crippen LogP contribution in [-0.4, -0.2) is 47.7 Å². The topological polar surface area (TPSA) is 92.6 Å². The lowest BCUT2D eigenvalue weighted by Crippen LogP contribution is -2.35. The van der Waals surface area contributed by atoms with Gasteiger partial charge in [-0.05, 0) is 44.4 Å². The minimum Gasteiger partial charge on any atom is -0.382 e. The minimum absolute atomic E-state index is 0.0260. The van der Waals surface area contributed by atoms with Crippen molar-refractivity contribution in [3.05, 3.63) is 40.4 Å². The summed E-state index contributed by atoms with van der Waals surface area (Å²) in [6, 6.07) is 4.44. The van der Waals surface area contributed by atoms with Gasteiger partial charge in [-0.1, -0.05) is 16.8 Å². The molecule has 1 unspecified atom stereocenters. The smallest absolute Gasteiger partial charge is 0.174 e. The molecular weight excluding hydrogens is 335 g/mol. The minimum atomic E-state index is -0.516. The Hall–Kier alpha value is -2.03. The van der Waals surface area contributed by atoms with Gasteiger partial charge in [-0.3, -0.25) is 0 Å². The van der Waals surface area contributed by atoms with Gasteiger partial charge in [-0.2, -0.15) is 0 Å². The van der Waals surface area contributed by atoms with Gasteiger partial charge in [-0.25, -0.2) is 14.0 Å². The van der Waals surface area contributed by atoms with Crippen LogP contribution in [0, 0.1) is 5.82 Å². The summed E-state index contributed by atoms with van der Waals surface area (Å²) in [6.45, 7) is 3.31. The average Bonchev–Trinajstić information content (AvgIpc) is 2.99. The Morgan fingerprint density at radius 2 is 2.21 bits per heavy atom. The normalized spacial score (nSPS) is 13.5. The Balaban J connectivity index is 2.07. The molecule has 9 heteroatoms. The molecule has 2 rings (SSSR count).